The highest BCUT2D eigenvalue weighted by Crippen LogP contribution is 2.33. The number of amides is 2. The van der Waals surface area contributed by atoms with Crippen LogP contribution in [0.2, 0.25) is 0 Å². The molecule has 0 aliphatic carbocycles. The summed E-state index contributed by atoms with van der Waals surface area (Å²) in [6, 6.07) is 24.7. The Bertz CT molecular complexity index is 1250. The quantitative estimate of drug-likeness (QED) is 0.521. The highest BCUT2D eigenvalue weighted by Gasteiger charge is 2.34. The molecule has 1 atom stereocenters. The van der Waals surface area contributed by atoms with E-state index in [0.29, 0.717) is 24.3 Å². The molecule has 3 heterocycles. The Kier molecular flexibility index (Phi) is 5.42. The molecule has 0 bridgehead atoms. The van der Waals surface area contributed by atoms with E-state index in [0.717, 1.165) is 29.7 Å². The van der Waals surface area contributed by atoms with Crippen LogP contribution < -0.4 is 5.32 Å². The summed E-state index contributed by atoms with van der Waals surface area (Å²) in [4.78, 5) is 32.9. The van der Waals surface area contributed by atoms with Crippen LogP contribution in [-0.4, -0.2) is 32.6 Å². The number of carbonyl (C=O) groups is 2. The molecule has 1 saturated heterocycles. The van der Waals surface area contributed by atoms with Gasteiger partial charge in [0.1, 0.15) is 5.82 Å². The van der Waals surface area contributed by atoms with Crippen LogP contribution in [0, 0.1) is 0 Å². The lowest BCUT2D eigenvalue weighted by atomic mass is 10.1. The fraction of sp³-hybridized carbons (Fsp3) is 0.192. The second-order valence-electron chi connectivity index (χ2n) is 7.97. The maximum absolute atomic E-state index is 13.2. The van der Waals surface area contributed by atoms with Crippen LogP contribution in [0.25, 0.3) is 5.52 Å². The van der Waals surface area contributed by atoms with E-state index in [-0.39, 0.29) is 17.9 Å². The number of benzene rings is 2. The van der Waals surface area contributed by atoms with E-state index in [4.69, 9.17) is 4.98 Å². The molecule has 5 rings (SSSR count). The molecule has 1 unspecified atom stereocenters. The lowest BCUT2D eigenvalue weighted by molar-refractivity contribution is 0.0729. The van der Waals surface area contributed by atoms with Gasteiger partial charge in [0.05, 0.1) is 11.6 Å². The van der Waals surface area contributed by atoms with Crippen LogP contribution in [0.4, 0.5) is 0 Å². The first kappa shape index (κ1) is 20.0. The molecule has 1 aliphatic heterocycles. The standard InChI is InChI=1S/C26H24N4O2/c31-25(27-18-19-10-3-1-4-11-19)23-21-14-7-8-16-29(21)24(28-23)22-15-9-17-30(22)26(32)20-12-5-2-6-13-20/h1-8,10-14,16,22H,9,15,17-18H2,(H,27,31). The Morgan fingerprint density at radius 2 is 1.66 bits per heavy atom. The van der Waals surface area contributed by atoms with Gasteiger partial charge in [-0.15, -0.1) is 0 Å². The minimum atomic E-state index is -0.220. The highest BCUT2D eigenvalue weighted by molar-refractivity contribution is 5.99. The van der Waals surface area contributed by atoms with E-state index in [1.165, 1.54) is 0 Å². The first-order chi connectivity index (χ1) is 15.7. The van der Waals surface area contributed by atoms with Gasteiger partial charge in [-0.05, 0) is 42.7 Å². The number of hydrogen-bond acceptors (Lipinski definition) is 3. The molecular formula is C26H24N4O2. The van der Waals surface area contributed by atoms with Crippen molar-refractivity contribution in [1.82, 2.24) is 19.6 Å². The first-order valence-electron chi connectivity index (χ1n) is 10.9. The fourth-order valence-corrected chi connectivity index (χ4v) is 4.35. The summed E-state index contributed by atoms with van der Waals surface area (Å²) in [5, 5.41) is 2.98. The van der Waals surface area contributed by atoms with Crippen LogP contribution in [-0.2, 0) is 6.54 Å². The number of nitrogens with zero attached hydrogens (tertiary/aromatic N) is 3. The van der Waals surface area contributed by atoms with Gasteiger partial charge in [-0.3, -0.25) is 9.59 Å². The normalized spacial score (nSPS) is 15.8. The summed E-state index contributed by atoms with van der Waals surface area (Å²) in [6.07, 6.45) is 3.63. The van der Waals surface area contributed by atoms with Crippen molar-refractivity contribution in [3.8, 4) is 0 Å². The van der Waals surface area contributed by atoms with Crippen molar-refractivity contribution in [2.45, 2.75) is 25.4 Å². The summed E-state index contributed by atoms with van der Waals surface area (Å²) in [5.41, 5.74) is 2.82. The first-order valence-corrected chi connectivity index (χ1v) is 10.9. The summed E-state index contributed by atoms with van der Waals surface area (Å²) in [7, 11) is 0. The van der Waals surface area contributed by atoms with E-state index in [9.17, 15) is 9.59 Å². The Labute approximate surface area is 186 Å². The number of likely N-dealkylation sites (tertiary alicyclic amines) is 1. The molecular weight excluding hydrogens is 400 g/mol. The summed E-state index contributed by atoms with van der Waals surface area (Å²) in [5.74, 6) is 0.505. The second-order valence-corrected chi connectivity index (χ2v) is 7.97. The van der Waals surface area contributed by atoms with Crippen LogP contribution in [0.3, 0.4) is 0 Å². The number of fused-ring (bicyclic) bond motifs is 1. The summed E-state index contributed by atoms with van der Waals surface area (Å²) >= 11 is 0. The number of nitrogens with one attached hydrogen (secondary N) is 1. The largest absolute Gasteiger partial charge is 0.347 e. The highest BCUT2D eigenvalue weighted by atomic mass is 16.2. The Morgan fingerprint density at radius 1 is 0.938 bits per heavy atom. The minimum Gasteiger partial charge on any atom is -0.347 e. The number of imidazole rings is 1. The average Bonchev–Trinajstić information content (AvgIpc) is 3.48. The molecule has 6 heteroatoms. The molecule has 32 heavy (non-hydrogen) atoms. The molecule has 0 spiro atoms. The molecule has 160 valence electrons. The SMILES string of the molecule is O=C(NCc1ccccc1)c1nc(C2CCCN2C(=O)c2ccccc2)n2ccccc12. The van der Waals surface area contributed by atoms with E-state index in [1.54, 1.807) is 0 Å². The fourth-order valence-electron chi connectivity index (χ4n) is 4.35. The molecule has 1 aliphatic rings. The van der Waals surface area contributed by atoms with E-state index in [2.05, 4.69) is 5.32 Å². The van der Waals surface area contributed by atoms with Crippen molar-refractivity contribution in [3.05, 3.63) is 108 Å². The Hall–Kier alpha value is -3.93. The molecule has 2 aromatic carbocycles. The third-order valence-electron chi connectivity index (χ3n) is 5.92. The lowest BCUT2D eigenvalue weighted by Gasteiger charge is -2.24. The summed E-state index contributed by atoms with van der Waals surface area (Å²) in [6.45, 7) is 1.11. The number of carbonyl (C=O) groups excluding carboxylic acids is 2. The number of rotatable bonds is 5. The van der Waals surface area contributed by atoms with E-state index >= 15 is 0 Å². The predicted molar refractivity (Wildman–Crippen MR) is 122 cm³/mol. The maximum atomic E-state index is 13.2. The molecule has 6 nitrogen and oxygen atoms in total. The van der Waals surface area contributed by atoms with Gasteiger partial charge in [0.15, 0.2) is 5.69 Å². The van der Waals surface area contributed by atoms with Gasteiger partial charge in [-0.25, -0.2) is 4.98 Å². The molecule has 1 N–H and O–H groups in total. The number of hydrogen-bond donors (Lipinski definition) is 1. The lowest BCUT2D eigenvalue weighted by Crippen LogP contribution is -2.31. The molecule has 0 radical (unpaired) electrons. The van der Waals surface area contributed by atoms with Gasteiger partial charge >= 0.3 is 0 Å². The van der Waals surface area contributed by atoms with Crippen LogP contribution in [0.15, 0.2) is 85.1 Å². The Balaban J connectivity index is 1.45. The van der Waals surface area contributed by atoms with Crippen molar-refractivity contribution in [2.75, 3.05) is 6.54 Å². The topological polar surface area (TPSA) is 66.7 Å². The Morgan fingerprint density at radius 3 is 2.44 bits per heavy atom. The van der Waals surface area contributed by atoms with E-state index < -0.39 is 0 Å². The van der Waals surface area contributed by atoms with Gasteiger partial charge in [-0.2, -0.15) is 0 Å². The molecule has 4 aromatic rings. The zero-order valence-electron chi connectivity index (χ0n) is 17.6. The van der Waals surface area contributed by atoms with Crippen molar-refractivity contribution in [3.63, 3.8) is 0 Å². The average molecular weight is 425 g/mol. The zero-order chi connectivity index (χ0) is 21.9. The smallest absolute Gasteiger partial charge is 0.272 e. The zero-order valence-corrected chi connectivity index (χ0v) is 17.6. The van der Waals surface area contributed by atoms with E-state index in [1.807, 2.05) is 94.4 Å². The molecule has 0 saturated carbocycles. The van der Waals surface area contributed by atoms with Crippen molar-refractivity contribution < 1.29 is 9.59 Å². The third kappa shape index (κ3) is 3.75. The molecule has 2 amide bonds. The predicted octanol–water partition coefficient (Wildman–Crippen LogP) is 4.24. The summed E-state index contributed by atoms with van der Waals surface area (Å²) < 4.78 is 1.94. The van der Waals surface area contributed by atoms with Crippen molar-refractivity contribution >= 4 is 17.3 Å². The van der Waals surface area contributed by atoms with Crippen molar-refractivity contribution in [2.24, 2.45) is 0 Å². The van der Waals surface area contributed by atoms with Crippen LogP contribution in [0.1, 0.15) is 51.1 Å². The monoisotopic (exact) mass is 424 g/mol. The number of aromatic nitrogens is 2. The van der Waals surface area contributed by atoms with Gasteiger partial charge in [0.2, 0.25) is 0 Å². The van der Waals surface area contributed by atoms with Gasteiger partial charge in [0.25, 0.3) is 11.8 Å². The molecule has 2 aromatic heterocycles. The van der Waals surface area contributed by atoms with Gasteiger partial charge < -0.3 is 14.6 Å². The third-order valence-corrected chi connectivity index (χ3v) is 5.92. The second kappa shape index (κ2) is 8.67. The van der Waals surface area contributed by atoms with Gasteiger partial charge in [-0.1, -0.05) is 54.6 Å². The maximum Gasteiger partial charge on any atom is 0.272 e. The van der Waals surface area contributed by atoms with Crippen LogP contribution in [0.5, 0.6) is 0 Å². The van der Waals surface area contributed by atoms with Crippen LogP contribution >= 0.6 is 0 Å². The number of pyridine rings is 1. The molecule has 1 fully saturated rings. The minimum absolute atomic E-state index is 0.00383. The van der Waals surface area contributed by atoms with Gasteiger partial charge in [0, 0.05) is 24.8 Å². The van der Waals surface area contributed by atoms with Crippen molar-refractivity contribution in [1.29, 1.82) is 0 Å².